The maximum atomic E-state index is 12.3. The lowest BCUT2D eigenvalue weighted by atomic mass is 9.47. The van der Waals surface area contributed by atoms with Crippen molar-refractivity contribution >= 4 is 0 Å². The van der Waals surface area contributed by atoms with E-state index in [4.69, 9.17) is 42.6 Å². The molecule has 4 aliphatic carbocycles. The zero-order valence-corrected chi connectivity index (χ0v) is 39.5. The van der Waals surface area contributed by atoms with Crippen molar-refractivity contribution in [2.45, 2.75) is 229 Å². The highest BCUT2D eigenvalue weighted by Crippen LogP contribution is 2.70. The predicted octanol–water partition coefficient (Wildman–Crippen LogP) is 0.965. The van der Waals surface area contributed by atoms with Gasteiger partial charge in [-0.05, 0) is 106 Å². The normalized spacial score (nSPS) is 57.2. The molecule has 3 saturated carbocycles. The van der Waals surface area contributed by atoms with Crippen LogP contribution in [0.5, 0.6) is 0 Å². The summed E-state index contributed by atoms with van der Waals surface area (Å²) in [6.45, 7) is 14.1. The van der Waals surface area contributed by atoms with Crippen LogP contribution in [0.1, 0.15) is 106 Å². The van der Waals surface area contributed by atoms with Crippen molar-refractivity contribution in [1.29, 1.82) is 0 Å². The lowest BCUT2D eigenvalue weighted by Crippen LogP contribution is -2.66. The highest BCUT2D eigenvalue weighted by molar-refractivity contribution is 5.26. The van der Waals surface area contributed by atoms with E-state index in [-0.39, 0.29) is 41.0 Å². The minimum absolute atomic E-state index is 0.00112. The molecule has 18 nitrogen and oxygen atoms in total. The molecule has 0 aromatic carbocycles. The predicted molar refractivity (Wildman–Crippen MR) is 229 cm³/mol. The maximum absolute atomic E-state index is 12.3. The number of aliphatic hydroxyl groups is 9. The third kappa shape index (κ3) is 8.29. The molecule has 0 aromatic heterocycles. The van der Waals surface area contributed by atoms with Crippen LogP contribution in [-0.2, 0) is 42.6 Å². The van der Waals surface area contributed by atoms with E-state index in [0.717, 1.165) is 38.5 Å². The molecule has 28 atom stereocenters. The number of hydrogen-bond donors (Lipinski definition) is 9. The zero-order chi connectivity index (χ0) is 47.4. The quantitative estimate of drug-likeness (QED) is 0.131. The SMILES string of the molecule is CCCO[C@@H]1O[C@H]([C@@]2(O)O[C@H]3C[C@H]4[C@@H]5CC=C6C[C@@H](O[C@@H]7O[C@H](CO)[C@@H](O[C@@H]8O[C@@H](C)[C@H](O)[C@@H](O)[C@H]8O)[C@H](O)[C@H]7O[C@@H]7O[C@@H](C)[C@H](O)[C@@H](O)[C@H]7O)CC[C@]6(C)[C@H]5CC[C@]4(C)[C@H]3[C@@H]2C)C[C@@H]1C. The van der Waals surface area contributed by atoms with Gasteiger partial charge in [0.2, 0.25) is 0 Å². The van der Waals surface area contributed by atoms with Crippen LogP contribution in [0.25, 0.3) is 0 Å². The molecule has 0 amide bonds. The van der Waals surface area contributed by atoms with Crippen LogP contribution >= 0.6 is 0 Å². The van der Waals surface area contributed by atoms with Crippen molar-refractivity contribution in [3.63, 3.8) is 0 Å². The van der Waals surface area contributed by atoms with Crippen LogP contribution in [0, 0.1) is 46.3 Å². The summed E-state index contributed by atoms with van der Waals surface area (Å²) >= 11 is 0. The Labute approximate surface area is 387 Å². The Morgan fingerprint density at radius 1 is 0.697 bits per heavy atom. The standard InChI is InChI=1S/C48H78O18/c1-8-15-58-42-20(2)16-31(63-42)48(57)21(3)32-29(66-48)18-28-26-10-9-24-17-25(11-13-46(24,6)27(26)12-14-47(28,32)7)61-45-41(65-44-38(55)36(53)34(51)23(5)60-44)39(56)40(30(19-49)62-45)64-43-37(54)35(52)33(50)22(4)59-43/h9,20-23,25-45,49-57H,8,10-19H2,1-7H3/t20-,21-,22-,23-,25-,26+,27-,28-,29-,30+,31-,32-,33-,34-,35+,36+,37+,38+,39-,40+,41+,42+,43-,44-,45+,46-,47-,48-/m0/s1. The van der Waals surface area contributed by atoms with Gasteiger partial charge in [0.25, 0.3) is 0 Å². The third-order valence-electron chi connectivity index (χ3n) is 18.3. The lowest BCUT2D eigenvalue weighted by Gasteiger charge is -2.58. The van der Waals surface area contributed by atoms with Crippen LogP contribution < -0.4 is 0 Å². The Hall–Kier alpha value is -0.980. The molecular formula is C48H78O18. The average molecular weight is 943 g/mol. The molecule has 5 saturated heterocycles. The summed E-state index contributed by atoms with van der Waals surface area (Å²) < 4.78 is 55.8. The summed E-state index contributed by atoms with van der Waals surface area (Å²) in [6.07, 6.45) is -13.0. The zero-order valence-electron chi connectivity index (χ0n) is 39.5. The maximum Gasteiger partial charge on any atom is 0.195 e. The summed E-state index contributed by atoms with van der Waals surface area (Å²) in [5.74, 6) is 0.242. The van der Waals surface area contributed by atoms with Crippen molar-refractivity contribution in [2.75, 3.05) is 13.2 Å². The van der Waals surface area contributed by atoms with E-state index in [1.54, 1.807) is 0 Å². The summed E-state index contributed by atoms with van der Waals surface area (Å²) in [5, 5.41) is 98.3. The fourth-order valence-electron chi connectivity index (χ4n) is 14.5. The second kappa shape index (κ2) is 18.9. The monoisotopic (exact) mass is 943 g/mol. The molecule has 0 aromatic rings. The smallest absolute Gasteiger partial charge is 0.195 e. The van der Waals surface area contributed by atoms with E-state index >= 15 is 0 Å². The van der Waals surface area contributed by atoms with Crippen molar-refractivity contribution < 1.29 is 88.6 Å². The second-order valence-corrected chi connectivity index (χ2v) is 22.1. The van der Waals surface area contributed by atoms with Crippen LogP contribution in [0.2, 0.25) is 0 Å². The fraction of sp³-hybridized carbons (Fsp3) is 0.958. The molecule has 5 heterocycles. The first kappa shape index (κ1) is 50.0. The number of hydrogen-bond acceptors (Lipinski definition) is 18. The molecule has 0 unspecified atom stereocenters. The van der Waals surface area contributed by atoms with Crippen LogP contribution in [0.3, 0.4) is 0 Å². The molecule has 378 valence electrons. The highest BCUT2D eigenvalue weighted by atomic mass is 16.8. The number of fused-ring (bicyclic) bond motifs is 7. The van der Waals surface area contributed by atoms with E-state index in [1.807, 2.05) is 0 Å². The summed E-state index contributed by atoms with van der Waals surface area (Å²) in [5.41, 5.74) is 1.22. The second-order valence-electron chi connectivity index (χ2n) is 22.1. The molecule has 0 radical (unpaired) electrons. The average Bonchev–Trinajstić information content (AvgIpc) is 3.91. The van der Waals surface area contributed by atoms with Crippen molar-refractivity contribution in [2.24, 2.45) is 46.3 Å². The Bertz CT molecular complexity index is 1720. The lowest BCUT2D eigenvalue weighted by molar-refractivity contribution is -0.388. The number of aliphatic hydroxyl groups excluding tert-OH is 8. The van der Waals surface area contributed by atoms with Gasteiger partial charge < -0.3 is 88.6 Å². The van der Waals surface area contributed by atoms with Crippen molar-refractivity contribution in [1.82, 2.24) is 0 Å². The molecule has 9 rings (SSSR count). The minimum atomic E-state index is -1.73. The van der Waals surface area contributed by atoms with Gasteiger partial charge >= 0.3 is 0 Å². The number of rotatable bonds is 11. The van der Waals surface area contributed by atoms with Crippen LogP contribution in [0.4, 0.5) is 0 Å². The van der Waals surface area contributed by atoms with Crippen LogP contribution in [0.15, 0.2) is 11.6 Å². The van der Waals surface area contributed by atoms with Gasteiger partial charge in [-0.15, -0.1) is 0 Å². The molecule has 0 bridgehead atoms. The Morgan fingerprint density at radius 2 is 1.35 bits per heavy atom. The van der Waals surface area contributed by atoms with E-state index < -0.39 is 117 Å². The molecule has 5 aliphatic heterocycles. The molecule has 9 N–H and O–H groups in total. The molecule has 9 aliphatic rings. The van der Waals surface area contributed by atoms with Gasteiger partial charge in [-0.1, -0.05) is 46.3 Å². The van der Waals surface area contributed by atoms with Gasteiger partial charge in [-0.2, -0.15) is 0 Å². The summed E-state index contributed by atoms with van der Waals surface area (Å²) in [4.78, 5) is 0. The van der Waals surface area contributed by atoms with E-state index in [9.17, 15) is 46.0 Å². The Kier molecular flexibility index (Phi) is 14.3. The molecule has 0 spiro atoms. The van der Waals surface area contributed by atoms with E-state index in [2.05, 4.69) is 40.7 Å². The first-order valence-corrected chi connectivity index (χ1v) is 24.9. The van der Waals surface area contributed by atoms with Gasteiger partial charge in [0.1, 0.15) is 67.1 Å². The van der Waals surface area contributed by atoms with Gasteiger partial charge in [0.05, 0.1) is 31.0 Å². The number of ether oxygens (including phenoxy) is 9. The van der Waals surface area contributed by atoms with E-state index in [1.165, 1.54) is 19.4 Å². The number of allylic oxidation sites excluding steroid dienone is 1. The summed E-state index contributed by atoms with van der Waals surface area (Å²) in [7, 11) is 0. The first-order chi connectivity index (χ1) is 31.2. The first-order valence-electron chi connectivity index (χ1n) is 24.9. The van der Waals surface area contributed by atoms with Crippen molar-refractivity contribution in [3.05, 3.63) is 11.6 Å². The molecule has 66 heavy (non-hydrogen) atoms. The highest BCUT2D eigenvalue weighted by Gasteiger charge is 2.70. The topological polar surface area (TPSA) is 265 Å². The third-order valence-corrected chi connectivity index (χ3v) is 18.3. The summed E-state index contributed by atoms with van der Waals surface area (Å²) in [6, 6.07) is 0. The largest absolute Gasteiger partial charge is 0.394 e. The van der Waals surface area contributed by atoms with Gasteiger partial charge in [-0.25, -0.2) is 0 Å². The van der Waals surface area contributed by atoms with Crippen LogP contribution in [-0.4, -0.2) is 182 Å². The fourth-order valence-corrected chi connectivity index (χ4v) is 14.5. The minimum Gasteiger partial charge on any atom is -0.394 e. The van der Waals surface area contributed by atoms with Crippen molar-refractivity contribution in [3.8, 4) is 0 Å². The Balaban J connectivity index is 0.899. The van der Waals surface area contributed by atoms with Gasteiger partial charge in [-0.3, -0.25) is 0 Å². The van der Waals surface area contributed by atoms with Gasteiger partial charge in [0.15, 0.2) is 30.9 Å². The molecule has 8 fully saturated rings. The Morgan fingerprint density at radius 3 is 1.98 bits per heavy atom. The van der Waals surface area contributed by atoms with E-state index in [0.29, 0.717) is 43.6 Å². The molecule has 18 heteroatoms. The molecular weight excluding hydrogens is 865 g/mol. The van der Waals surface area contributed by atoms with Gasteiger partial charge in [0, 0.05) is 18.4 Å².